The van der Waals surface area contributed by atoms with Crippen LogP contribution in [0.2, 0.25) is 0 Å². The van der Waals surface area contributed by atoms with E-state index in [9.17, 15) is 13.2 Å². The third kappa shape index (κ3) is 5.23. The average molecular weight is 400 g/mol. The van der Waals surface area contributed by atoms with Gasteiger partial charge in [-0.1, -0.05) is 42.0 Å². The van der Waals surface area contributed by atoms with Crippen molar-refractivity contribution in [3.63, 3.8) is 0 Å². The molecule has 0 spiro atoms. The molecule has 0 aromatic heterocycles. The number of hydrogen-bond acceptors (Lipinski definition) is 4. The van der Waals surface area contributed by atoms with Crippen LogP contribution in [0.15, 0.2) is 54.6 Å². The number of aryl methyl sites for hydroxylation is 1. The van der Waals surface area contributed by atoms with Gasteiger partial charge in [-0.05, 0) is 42.7 Å². The highest BCUT2D eigenvalue weighted by molar-refractivity contribution is 7.91. The monoisotopic (exact) mass is 399 g/mol. The molecule has 3 rings (SSSR count). The van der Waals surface area contributed by atoms with Crippen LogP contribution in [-0.4, -0.2) is 43.9 Å². The van der Waals surface area contributed by atoms with E-state index < -0.39 is 9.84 Å². The van der Waals surface area contributed by atoms with E-state index in [0.29, 0.717) is 13.0 Å². The Bertz CT molecular complexity index is 947. The molecular formula is C22H25NO4S. The average Bonchev–Trinajstić information content (AvgIpc) is 3.05. The molecule has 0 radical (unpaired) electrons. The maximum absolute atomic E-state index is 12.9. The van der Waals surface area contributed by atoms with E-state index in [1.165, 1.54) is 6.08 Å². The summed E-state index contributed by atoms with van der Waals surface area (Å²) in [7, 11) is -1.49. The Hall–Kier alpha value is -2.60. The zero-order valence-corrected chi connectivity index (χ0v) is 17.0. The van der Waals surface area contributed by atoms with Crippen molar-refractivity contribution in [2.24, 2.45) is 0 Å². The van der Waals surface area contributed by atoms with E-state index in [0.717, 1.165) is 22.4 Å². The van der Waals surface area contributed by atoms with Crippen molar-refractivity contribution in [2.45, 2.75) is 25.9 Å². The van der Waals surface area contributed by atoms with Gasteiger partial charge in [-0.15, -0.1) is 0 Å². The summed E-state index contributed by atoms with van der Waals surface area (Å²) < 4.78 is 29.1. The fourth-order valence-corrected chi connectivity index (χ4v) is 5.01. The number of hydrogen-bond donors (Lipinski definition) is 0. The van der Waals surface area contributed by atoms with Gasteiger partial charge >= 0.3 is 0 Å². The highest BCUT2D eigenvalue weighted by Gasteiger charge is 2.34. The van der Waals surface area contributed by atoms with Crippen molar-refractivity contribution in [1.82, 2.24) is 4.90 Å². The molecular weight excluding hydrogens is 374 g/mol. The predicted octanol–water partition coefficient (Wildman–Crippen LogP) is 3.23. The lowest BCUT2D eigenvalue weighted by atomic mass is 10.1. The molecule has 5 nitrogen and oxygen atoms in total. The molecule has 1 aliphatic rings. The van der Waals surface area contributed by atoms with E-state index in [-0.39, 0.29) is 23.5 Å². The highest BCUT2D eigenvalue weighted by atomic mass is 32.2. The molecule has 0 bridgehead atoms. The summed E-state index contributed by atoms with van der Waals surface area (Å²) in [5.41, 5.74) is 3.02. The molecule has 0 saturated carbocycles. The molecule has 148 valence electrons. The molecule has 1 heterocycles. The van der Waals surface area contributed by atoms with Gasteiger partial charge in [0.05, 0.1) is 18.6 Å². The molecule has 0 N–H and O–H groups in total. The third-order valence-electron chi connectivity index (χ3n) is 4.94. The summed E-state index contributed by atoms with van der Waals surface area (Å²) in [5, 5.41) is 0. The van der Waals surface area contributed by atoms with E-state index in [4.69, 9.17) is 4.74 Å². The first-order valence-electron chi connectivity index (χ1n) is 9.25. The molecule has 1 aliphatic heterocycles. The summed E-state index contributed by atoms with van der Waals surface area (Å²) in [6.45, 7) is 2.37. The number of rotatable bonds is 6. The quantitative estimate of drug-likeness (QED) is 0.700. The number of carbonyl (C=O) groups excluding carboxylic acids is 1. The van der Waals surface area contributed by atoms with E-state index in [2.05, 4.69) is 0 Å². The van der Waals surface area contributed by atoms with Crippen LogP contribution < -0.4 is 4.74 Å². The summed E-state index contributed by atoms with van der Waals surface area (Å²) in [4.78, 5) is 14.6. The van der Waals surface area contributed by atoms with Crippen molar-refractivity contribution in [3.05, 3.63) is 71.3 Å². The zero-order valence-electron chi connectivity index (χ0n) is 16.2. The van der Waals surface area contributed by atoms with Crippen molar-refractivity contribution in [2.75, 3.05) is 18.6 Å². The second kappa shape index (κ2) is 8.61. The molecule has 1 saturated heterocycles. The molecule has 6 heteroatoms. The summed E-state index contributed by atoms with van der Waals surface area (Å²) in [6, 6.07) is 15.0. The zero-order chi connectivity index (χ0) is 20.1. The second-order valence-corrected chi connectivity index (χ2v) is 9.34. The first-order chi connectivity index (χ1) is 13.4. The van der Waals surface area contributed by atoms with Gasteiger partial charge in [0.15, 0.2) is 9.84 Å². The normalized spacial score (nSPS) is 18.3. The number of methoxy groups -OCH3 is 1. The Morgan fingerprint density at radius 1 is 1.14 bits per heavy atom. The molecule has 0 unspecified atom stereocenters. The predicted molar refractivity (Wildman–Crippen MR) is 111 cm³/mol. The van der Waals surface area contributed by atoms with Crippen LogP contribution in [0.1, 0.15) is 23.1 Å². The van der Waals surface area contributed by atoms with Crippen molar-refractivity contribution >= 4 is 21.8 Å². The molecule has 0 aliphatic carbocycles. The minimum atomic E-state index is -3.09. The van der Waals surface area contributed by atoms with Crippen LogP contribution in [0, 0.1) is 6.92 Å². The van der Waals surface area contributed by atoms with Crippen LogP contribution >= 0.6 is 0 Å². The Morgan fingerprint density at radius 3 is 2.39 bits per heavy atom. The molecule has 28 heavy (non-hydrogen) atoms. The lowest BCUT2D eigenvalue weighted by Gasteiger charge is -2.27. The Kier molecular flexibility index (Phi) is 6.19. The minimum Gasteiger partial charge on any atom is -0.497 e. The maximum atomic E-state index is 12.9. The summed E-state index contributed by atoms with van der Waals surface area (Å²) in [6.07, 6.45) is 3.77. The van der Waals surface area contributed by atoms with Gasteiger partial charge in [-0.2, -0.15) is 0 Å². The molecule has 1 fully saturated rings. The first-order valence-corrected chi connectivity index (χ1v) is 11.1. The SMILES string of the molecule is COc1ccc(CN(C(=O)/C=C/c2ccc(C)cc2)[C@@H]2CCS(=O)(=O)C2)cc1. The smallest absolute Gasteiger partial charge is 0.247 e. The molecule has 2 aromatic carbocycles. The third-order valence-corrected chi connectivity index (χ3v) is 6.69. The number of benzene rings is 2. The lowest BCUT2D eigenvalue weighted by Crippen LogP contribution is -2.39. The summed E-state index contributed by atoms with van der Waals surface area (Å²) >= 11 is 0. The van der Waals surface area contributed by atoms with Gasteiger partial charge in [0.25, 0.3) is 0 Å². The molecule has 2 aromatic rings. The van der Waals surface area contributed by atoms with Crippen LogP contribution in [0.5, 0.6) is 5.75 Å². The van der Waals surface area contributed by atoms with Crippen LogP contribution in [0.3, 0.4) is 0 Å². The Balaban J connectivity index is 1.80. The van der Waals surface area contributed by atoms with Crippen molar-refractivity contribution in [1.29, 1.82) is 0 Å². The lowest BCUT2D eigenvalue weighted by molar-refractivity contribution is -0.128. The minimum absolute atomic E-state index is 0.0211. The van der Waals surface area contributed by atoms with Gasteiger partial charge in [0, 0.05) is 18.7 Å². The van der Waals surface area contributed by atoms with E-state index in [1.54, 1.807) is 18.1 Å². The standard InChI is InChI=1S/C22H25NO4S/c1-17-3-5-18(6-4-17)9-12-22(24)23(20-13-14-28(25,26)16-20)15-19-7-10-21(27-2)11-8-19/h3-12,20H,13-16H2,1-2H3/b12-9+/t20-/m1/s1. The number of amides is 1. The number of nitrogens with zero attached hydrogens (tertiary/aromatic N) is 1. The fourth-order valence-electron chi connectivity index (χ4n) is 3.28. The molecule has 1 atom stereocenters. The van der Waals surface area contributed by atoms with E-state index >= 15 is 0 Å². The van der Waals surface area contributed by atoms with Gasteiger partial charge in [-0.3, -0.25) is 4.79 Å². The van der Waals surface area contributed by atoms with E-state index in [1.807, 2.05) is 55.5 Å². The second-order valence-electron chi connectivity index (χ2n) is 7.12. The highest BCUT2D eigenvalue weighted by Crippen LogP contribution is 2.22. The van der Waals surface area contributed by atoms with Gasteiger partial charge in [0.1, 0.15) is 5.75 Å². The number of sulfone groups is 1. The maximum Gasteiger partial charge on any atom is 0.247 e. The topological polar surface area (TPSA) is 63.7 Å². The van der Waals surface area contributed by atoms with Crippen LogP contribution in [0.4, 0.5) is 0 Å². The Morgan fingerprint density at radius 2 is 1.82 bits per heavy atom. The largest absolute Gasteiger partial charge is 0.497 e. The van der Waals surface area contributed by atoms with Crippen molar-refractivity contribution in [3.8, 4) is 5.75 Å². The molecule has 1 amide bonds. The first kappa shape index (κ1) is 20.1. The Labute approximate surface area is 166 Å². The van der Waals surface area contributed by atoms with Gasteiger partial charge in [-0.25, -0.2) is 8.42 Å². The van der Waals surface area contributed by atoms with Gasteiger partial charge < -0.3 is 9.64 Å². The van der Waals surface area contributed by atoms with Crippen LogP contribution in [-0.2, 0) is 21.2 Å². The van der Waals surface area contributed by atoms with Crippen molar-refractivity contribution < 1.29 is 17.9 Å². The number of carbonyl (C=O) groups is 1. The fraction of sp³-hybridized carbons (Fsp3) is 0.318. The van der Waals surface area contributed by atoms with Crippen LogP contribution in [0.25, 0.3) is 6.08 Å². The van der Waals surface area contributed by atoms with Gasteiger partial charge in [0.2, 0.25) is 5.91 Å². The summed E-state index contributed by atoms with van der Waals surface area (Å²) in [5.74, 6) is 0.710. The number of ether oxygens (including phenoxy) is 1.